The van der Waals surface area contributed by atoms with Gasteiger partial charge in [-0.05, 0) is 46.7 Å². The topological polar surface area (TPSA) is 119 Å². The van der Waals surface area contributed by atoms with Gasteiger partial charge in [-0.15, -0.1) is 0 Å². The summed E-state index contributed by atoms with van der Waals surface area (Å²) in [4.78, 5) is 50.1. The molecule has 4 aromatic carbocycles. The third kappa shape index (κ3) is 4.82. The van der Waals surface area contributed by atoms with Crippen molar-refractivity contribution >= 4 is 57.7 Å². The minimum absolute atomic E-state index is 0.0442. The maximum absolute atomic E-state index is 13.4. The van der Waals surface area contributed by atoms with Gasteiger partial charge < -0.3 is 4.74 Å². The minimum Gasteiger partial charge on any atom is -0.488 e. The molecule has 0 unspecified atom stereocenters. The first kappa shape index (κ1) is 24.7. The van der Waals surface area contributed by atoms with Crippen LogP contribution in [0, 0.1) is 10.1 Å². The minimum atomic E-state index is -1.00. The third-order valence-corrected chi connectivity index (χ3v) is 6.18. The fourth-order valence-corrected chi connectivity index (χ4v) is 4.20. The van der Waals surface area contributed by atoms with Crippen LogP contribution in [0.1, 0.15) is 11.1 Å². The number of nitro groups is 1. The van der Waals surface area contributed by atoms with Gasteiger partial charge >= 0.3 is 6.03 Å². The molecule has 0 radical (unpaired) electrons. The number of nitro benzene ring substituents is 1. The summed E-state index contributed by atoms with van der Waals surface area (Å²) in [7, 11) is 0. The van der Waals surface area contributed by atoms with Crippen molar-refractivity contribution in [3.63, 3.8) is 0 Å². The van der Waals surface area contributed by atoms with Crippen LogP contribution in [0.4, 0.5) is 16.2 Å². The number of imide groups is 2. The number of hydrogen-bond donors (Lipinski definition) is 1. The highest BCUT2D eigenvalue weighted by molar-refractivity contribution is 6.39. The number of non-ortho nitro benzene ring substituents is 1. The molecule has 1 aliphatic heterocycles. The van der Waals surface area contributed by atoms with E-state index >= 15 is 0 Å². The molecule has 4 amide bonds. The van der Waals surface area contributed by atoms with Gasteiger partial charge in [-0.2, -0.15) is 0 Å². The van der Waals surface area contributed by atoms with Crippen molar-refractivity contribution in [2.45, 2.75) is 6.61 Å². The van der Waals surface area contributed by atoms with Crippen molar-refractivity contribution in [1.29, 1.82) is 0 Å². The highest BCUT2D eigenvalue weighted by Crippen LogP contribution is 2.33. The molecule has 38 heavy (non-hydrogen) atoms. The summed E-state index contributed by atoms with van der Waals surface area (Å²) in [6, 6.07) is 22.1. The number of anilines is 1. The highest BCUT2D eigenvalue weighted by Gasteiger charge is 2.37. The Hall–Kier alpha value is -5.02. The van der Waals surface area contributed by atoms with Crippen LogP contribution < -0.4 is 15.0 Å². The Bertz CT molecular complexity index is 1650. The first-order valence-electron chi connectivity index (χ1n) is 11.4. The van der Waals surface area contributed by atoms with Crippen LogP contribution in [0.15, 0.2) is 90.5 Å². The lowest BCUT2D eigenvalue weighted by molar-refractivity contribution is -0.384. The van der Waals surface area contributed by atoms with Crippen LogP contribution in [0.25, 0.3) is 16.8 Å². The number of ether oxygens (including phenoxy) is 1. The van der Waals surface area contributed by atoms with Gasteiger partial charge in [-0.1, -0.05) is 60.1 Å². The summed E-state index contributed by atoms with van der Waals surface area (Å²) in [5.74, 6) is -1.40. The van der Waals surface area contributed by atoms with Crippen LogP contribution in [-0.4, -0.2) is 22.8 Å². The second kappa shape index (κ2) is 10.2. The zero-order chi connectivity index (χ0) is 26.8. The van der Waals surface area contributed by atoms with E-state index in [0.717, 1.165) is 17.0 Å². The average molecular weight is 528 g/mol. The Morgan fingerprint density at radius 1 is 0.947 bits per heavy atom. The lowest BCUT2D eigenvalue weighted by atomic mass is 9.99. The predicted molar refractivity (Wildman–Crippen MR) is 142 cm³/mol. The fourth-order valence-electron chi connectivity index (χ4n) is 4.07. The summed E-state index contributed by atoms with van der Waals surface area (Å²) in [6.07, 6.45) is 1.37. The van der Waals surface area contributed by atoms with E-state index in [1.807, 2.05) is 42.5 Å². The molecule has 1 fully saturated rings. The van der Waals surface area contributed by atoms with E-state index in [1.165, 1.54) is 24.3 Å². The first-order valence-corrected chi connectivity index (χ1v) is 11.7. The molecule has 0 bridgehead atoms. The van der Waals surface area contributed by atoms with Gasteiger partial charge in [0.05, 0.1) is 10.6 Å². The molecule has 1 aliphatic rings. The van der Waals surface area contributed by atoms with Gasteiger partial charge in [0.15, 0.2) is 0 Å². The van der Waals surface area contributed by atoms with E-state index in [-0.39, 0.29) is 23.6 Å². The van der Waals surface area contributed by atoms with Crippen molar-refractivity contribution in [3.8, 4) is 5.75 Å². The summed E-state index contributed by atoms with van der Waals surface area (Å²) in [5, 5.41) is 15.5. The zero-order valence-electron chi connectivity index (χ0n) is 19.6. The summed E-state index contributed by atoms with van der Waals surface area (Å²) in [6.45, 7) is 0.199. The molecule has 0 saturated carbocycles. The van der Waals surface area contributed by atoms with Crippen molar-refractivity contribution in [2.75, 3.05) is 4.90 Å². The number of carbonyl (C=O) groups excluding carboxylic acids is 3. The molecule has 9 nitrogen and oxygen atoms in total. The van der Waals surface area contributed by atoms with Crippen LogP contribution in [-0.2, 0) is 16.2 Å². The Kier molecular flexibility index (Phi) is 6.59. The maximum atomic E-state index is 13.4. The van der Waals surface area contributed by atoms with Crippen molar-refractivity contribution in [2.24, 2.45) is 0 Å². The molecule has 188 valence electrons. The molecule has 0 atom stereocenters. The molecule has 0 spiro atoms. The van der Waals surface area contributed by atoms with E-state index in [2.05, 4.69) is 5.32 Å². The molecule has 1 heterocycles. The van der Waals surface area contributed by atoms with E-state index in [0.29, 0.717) is 26.6 Å². The quantitative estimate of drug-likeness (QED) is 0.150. The zero-order valence-corrected chi connectivity index (χ0v) is 20.3. The largest absolute Gasteiger partial charge is 0.488 e. The smallest absolute Gasteiger partial charge is 0.335 e. The molecule has 10 heteroatoms. The number of rotatable bonds is 6. The number of nitrogens with zero attached hydrogens (tertiary/aromatic N) is 2. The molecule has 1 saturated heterocycles. The number of hydrogen-bond acceptors (Lipinski definition) is 6. The monoisotopic (exact) mass is 527 g/mol. The lowest BCUT2D eigenvalue weighted by Gasteiger charge is -2.26. The number of amides is 4. The average Bonchev–Trinajstić information content (AvgIpc) is 2.91. The molecule has 5 rings (SSSR count). The van der Waals surface area contributed by atoms with Crippen LogP contribution in [0.2, 0.25) is 5.02 Å². The molecule has 0 aromatic heterocycles. The molecule has 4 aromatic rings. The summed E-state index contributed by atoms with van der Waals surface area (Å²) in [5.41, 5.74) is 0.637. The number of halogens is 1. The summed E-state index contributed by atoms with van der Waals surface area (Å²) >= 11 is 5.97. The second-order valence-electron chi connectivity index (χ2n) is 8.35. The van der Waals surface area contributed by atoms with Crippen LogP contribution in [0.3, 0.4) is 0 Å². The molecular formula is C28H18ClN3O6. The number of carbonyl (C=O) groups is 3. The number of urea groups is 1. The fraction of sp³-hybridized carbons (Fsp3) is 0.0357. The van der Waals surface area contributed by atoms with Gasteiger partial charge in [0.2, 0.25) is 0 Å². The normalized spacial score (nSPS) is 14.6. The third-order valence-electron chi connectivity index (χ3n) is 5.93. The first-order chi connectivity index (χ1) is 18.3. The number of fused-ring (bicyclic) bond motifs is 1. The van der Waals surface area contributed by atoms with Gasteiger partial charge in [0.1, 0.15) is 17.9 Å². The van der Waals surface area contributed by atoms with E-state index in [4.69, 9.17) is 16.3 Å². The standard InChI is InChI=1S/C28H18ClN3O6/c29-19-11-8-17(9-12-19)16-38-25-13-10-18-4-1-2-7-22(18)23(25)15-24-26(33)30-28(35)31(27(24)34)20-5-3-6-21(14-20)32(36)37/h1-15H,16H2,(H,30,33,35)/b24-15+. The van der Waals surface area contributed by atoms with Gasteiger partial charge in [0.25, 0.3) is 17.5 Å². The highest BCUT2D eigenvalue weighted by atomic mass is 35.5. The predicted octanol–water partition coefficient (Wildman–Crippen LogP) is 5.65. The number of benzene rings is 4. The van der Waals surface area contributed by atoms with Crippen molar-refractivity contribution in [3.05, 3.63) is 117 Å². The van der Waals surface area contributed by atoms with Crippen molar-refractivity contribution in [1.82, 2.24) is 5.32 Å². The van der Waals surface area contributed by atoms with E-state index in [9.17, 15) is 24.5 Å². The Morgan fingerprint density at radius 2 is 1.71 bits per heavy atom. The Labute approximate surface area is 221 Å². The summed E-state index contributed by atoms with van der Waals surface area (Å²) < 4.78 is 6.07. The number of nitrogens with one attached hydrogen (secondary N) is 1. The van der Waals surface area contributed by atoms with Gasteiger partial charge in [0, 0.05) is 22.7 Å². The van der Waals surface area contributed by atoms with Crippen LogP contribution in [0.5, 0.6) is 5.75 Å². The van der Waals surface area contributed by atoms with E-state index < -0.39 is 22.8 Å². The van der Waals surface area contributed by atoms with Gasteiger partial charge in [-0.25, -0.2) is 9.69 Å². The Morgan fingerprint density at radius 3 is 2.47 bits per heavy atom. The van der Waals surface area contributed by atoms with Gasteiger partial charge in [-0.3, -0.25) is 25.0 Å². The maximum Gasteiger partial charge on any atom is 0.335 e. The molecule has 1 N–H and O–H groups in total. The SMILES string of the molecule is O=C1NC(=O)N(c2cccc([N+](=O)[O-])c2)C(=O)/C1=C/c1c(OCc2ccc(Cl)cc2)ccc2ccccc12. The lowest BCUT2D eigenvalue weighted by Crippen LogP contribution is -2.54. The van der Waals surface area contributed by atoms with Crippen LogP contribution >= 0.6 is 11.6 Å². The molecular weight excluding hydrogens is 510 g/mol. The Balaban J connectivity index is 1.57. The second-order valence-corrected chi connectivity index (χ2v) is 8.78. The molecule has 0 aliphatic carbocycles. The number of barbiturate groups is 1. The van der Waals surface area contributed by atoms with E-state index in [1.54, 1.807) is 18.2 Å². The van der Waals surface area contributed by atoms with Crippen molar-refractivity contribution < 1.29 is 24.0 Å².